The topological polar surface area (TPSA) is 52.8 Å². The summed E-state index contributed by atoms with van der Waals surface area (Å²) in [6, 6.07) is 8.94. The van der Waals surface area contributed by atoms with Crippen molar-refractivity contribution in [2.24, 2.45) is 0 Å². The van der Waals surface area contributed by atoms with Crippen molar-refractivity contribution in [3.8, 4) is 5.75 Å². The van der Waals surface area contributed by atoms with Gasteiger partial charge in [-0.25, -0.2) is 9.78 Å². The lowest BCUT2D eigenvalue weighted by Gasteiger charge is -2.09. The molecule has 0 saturated heterocycles. The van der Waals surface area contributed by atoms with Gasteiger partial charge in [0.25, 0.3) is 0 Å². The second-order valence-corrected chi connectivity index (χ2v) is 6.30. The third kappa shape index (κ3) is 3.49. The molecule has 3 aromatic rings. The molecule has 5 nitrogen and oxygen atoms in total. The van der Waals surface area contributed by atoms with E-state index in [1.165, 1.54) is 7.11 Å². The largest absolute Gasteiger partial charge is 0.496 e. The van der Waals surface area contributed by atoms with Crippen LogP contribution < -0.4 is 4.74 Å². The monoisotopic (exact) mass is 362 g/mol. The summed E-state index contributed by atoms with van der Waals surface area (Å²) in [5, 5.41) is 0.613. The van der Waals surface area contributed by atoms with Gasteiger partial charge in [-0.15, -0.1) is 11.8 Å². The van der Waals surface area contributed by atoms with Crippen LogP contribution in [0.25, 0.3) is 5.65 Å². The minimum absolute atomic E-state index is 0.0750. The number of aromatic nitrogens is 2. The Balaban J connectivity index is 1.74. The highest BCUT2D eigenvalue weighted by Crippen LogP contribution is 2.26. The van der Waals surface area contributed by atoms with Gasteiger partial charge in [0.15, 0.2) is 0 Å². The van der Waals surface area contributed by atoms with Gasteiger partial charge < -0.3 is 13.9 Å². The fraction of sp³-hybridized carbons (Fsp3) is 0.176. The maximum atomic E-state index is 12.3. The van der Waals surface area contributed by atoms with Crippen molar-refractivity contribution < 1.29 is 14.3 Å². The number of pyridine rings is 1. The highest BCUT2D eigenvalue weighted by molar-refractivity contribution is 7.98. The van der Waals surface area contributed by atoms with Crippen LogP contribution in [0.15, 0.2) is 47.6 Å². The third-order valence-electron chi connectivity index (χ3n) is 3.44. The predicted octanol–water partition coefficient (Wildman–Crippen LogP) is 4.08. The van der Waals surface area contributed by atoms with E-state index in [2.05, 4.69) is 4.98 Å². The molecule has 0 amide bonds. The number of halogens is 1. The van der Waals surface area contributed by atoms with E-state index in [1.807, 2.05) is 18.4 Å². The van der Waals surface area contributed by atoms with Gasteiger partial charge in [-0.2, -0.15) is 0 Å². The fourth-order valence-corrected chi connectivity index (χ4v) is 2.87. The molecular weight excluding hydrogens is 348 g/mol. The van der Waals surface area contributed by atoms with Gasteiger partial charge in [-0.1, -0.05) is 11.6 Å². The molecule has 0 fully saturated rings. The summed E-state index contributed by atoms with van der Waals surface area (Å²) < 4.78 is 12.4. The Labute approximate surface area is 148 Å². The number of ether oxygens (including phenoxy) is 2. The normalized spacial score (nSPS) is 10.8. The highest BCUT2D eigenvalue weighted by atomic mass is 35.5. The summed E-state index contributed by atoms with van der Waals surface area (Å²) in [7, 11) is 1.53. The maximum Gasteiger partial charge on any atom is 0.342 e. The summed E-state index contributed by atoms with van der Waals surface area (Å²) in [6.45, 7) is 0.0750. The van der Waals surface area contributed by atoms with E-state index in [4.69, 9.17) is 21.1 Å². The number of imidazole rings is 1. The molecule has 0 spiro atoms. The Kier molecular flexibility index (Phi) is 4.97. The van der Waals surface area contributed by atoms with Crippen LogP contribution in [0, 0.1) is 0 Å². The van der Waals surface area contributed by atoms with Crippen molar-refractivity contribution >= 4 is 35.0 Å². The van der Waals surface area contributed by atoms with Gasteiger partial charge >= 0.3 is 5.97 Å². The molecule has 2 heterocycles. The van der Waals surface area contributed by atoms with E-state index >= 15 is 0 Å². The SMILES string of the molecule is COc1cc(SC)ccc1C(=O)OCc1cn2cc(Cl)ccc2n1. The maximum absolute atomic E-state index is 12.3. The number of hydrogen-bond donors (Lipinski definition) is 0. The number of fused-ring (bicyclic) bond motifs is 1. The number of thioether (sulfide) groups is 1. The first-order valence-corrected chi connectivity index (χ1v) is 8.73. The zero-order chi connectivity index (χ0) is 17.1. The molecule has 24 heavy (non-hydrogen) atoms. The van der Waals surface area contributed by atoms with Crippen molar-refractivity contribution in [3.05, 3.63) is 59.0 Å². The van der Waals surface area contributed by atoms with Crippen LogP contribution in [0.3, 0.4) is 0 Å². The van der Waals surface area contributed by atoms with E-state index in [0.29, 0.717) is 22.0 Å². The Morgan fingerprint density at radius 2 is 2.12 bits per heavy atom. The Morgan fingerprint density at radius 1 is 1.29 bits per heavy atom. The molecule has 124 valence electrons. The molecule has 0 unspecified atom stereocenters. The Bertz CT molecular complexity index is 895. The summed E-state index contributed by atoms with van der Waals surface area (Å²) >= 11 is 7.52. The van der Waals surface area contributed by atoms with Crippen molar-refractivity contribution in [2.75, 3.05) is 13.4 Å². The molecule has 0 atom stereocenters. The molecule has 2 aromatic heterocycles. The van der Waals surface area contributed by atoms with Gasteiger partial charge in [-0.3, -0.25) is 0 Å². The summed E-state index contributed by atoms with van der Waals surface area (Å²) in [6.07, 6.45) is 5.49. The smallest absolute Gasteiger partial charge is 0.342 e. The summed E-state index contributed by atoms with van der Waals surface area (Å²) in [4.78, 5) is 17.7. The van der Waals surface area contributed by atoms with Crippen LogP contribution in [0.4, 0.5) is 0 Å². The van der Waals surface area contributed by atoms with E-state index < -0.39 is 5.97 Å². The molecular formula is C17H15ClN2O3S. The average molecular weight is 363 g/mol. The van der Waals surface area contributed by atoms with Gasteiger partial charge in [0.1, 0.15) is 23.6 Å². The number of rotatable bonds is 5. The van der Waals surface area contributed by atoms with E-state index in [9.17, 15) is 4.79 Å². The minimum atomic E-state index is -0.449. The quantitative estimate of drug-likeness (QED) is 0.505. The van der Waals surface area contributed by atoms with Gasteiger partial charge in [0.2, 0.25) is 0 Å². The zero-order valence-electron chi connectivity index (χ0n) is 13.2. The Hall–Kier alpha value is -2.18. The fourth-order valence-electron chi connectivity index (χ4n) is 2.27. The first kappa shape index (κ1) is 16.7. The molecule has 7 heteroatoms. The first-order valence-electron chi connectivity index (χ1n) is 7.13. The molecule has 0 aliphatic heterocycles. The average Bonchev–Trinajstić information content (AvgIpc) is 3.00. The summed E-state index contributed by atoms with van der Waals surface area (Å²) in [5.41, 5.74) is 1.78. The third-order valence-corrected chi connectivity index (χ3v) is 4.39. The molecule has 3 rings (SSSR count). The lowest BCUT2D eigenvalue weighted by Crippen LogP contribution is -2.07. The molecule has 0 aliphatic rings. The molecule has 0 N–H and O–H groups in total. The van der Waals surface area contributed by atoms with Gasteiger partial charge in [0.05, 0.1) is 17.8 Å². The van der Waals surface area contributed by atoms with Crippen LogP contribution in [-0.2, 0) is 11.3 Å². The van der Waals surface area contributed by atoms with Crippen molar-refractivity contribution in [1.29, 1.82) is 0 Å². The standard InChI is InChI=1S/C17H15ClN2O3S/c1-22-15-7-13(24-2)4-5-14(15)17(21)23-10-12-9-20-8-11(18)3-6-16(20)19-12/h3-9H,10H2,1-2H3. The van der Waals surface area contributed by atoms with Crippen LogP contribution in [0.1, 0.15) is 16.1 Å². The Morgan fingerprint density at radius 3 is 2.88 bits per heavy atom. The van der Waals surface area contributed by atoms with Crippen molar-refractivity contribution in [2.45, 2.75) is 11.5 Å². The van der Waals surface area contributed by atoms with E-state index in [-0.39, 0.29) is 6.61 Å². The zero-order valence-corrected chi connectivity index (χ0v) is 14.7. The number of methoxy groups -OCH3 is 1. The van der Waals surface area contributed by atoms with Crippen LogP contribution in [0.5, 0.6) is 5.75 Å². The lowest BCUT2D eigenvalue weighted by molar-refractivity contribution is 0.0464. The first-order chi connectivity index (χ1) is 11.6. The minimum Gasteiger partial charge on any atom is -0.496 e. The molecule has 0 bridgehead atoms. The molecule has 0 radical (unpaired) electrons. The second-order valence-electron chi connectivity index (χ2n) is 4.99. The number of carbonyl (C=O) groups is 1. The number of benzene rings is 1. The van der Waals surface area contributed by atoms with Crippen LogP contribution in [0.2, 0.25) is 5.02 Å². The van der Waals surface area contributed by atoms with Crippen LogP contribution >= 0.6 is 23.4 Å². The molecule has 1 aromatic carbocycles. The molecule has 0 aliphatic carbocycles. The lowest BCUT2D eigenvalue weighted by atomic mass is 10.2. The number of carbonyl (C=O) groups excluding carboxylic acids is 1. The van der Waals surface area contributed by atoms with Crippen molar-refractivity contribution in [3.63, 3.8) is 0 Å². The number of nitrogens with zero attached hydrogens (tertiary/aromatic N) is 2. The van der Waals surface area contributed by atoms with Crippen LogP contribution in [-0.4, -0.2) is 28.7 Å². The van der Waals surface area contributed by atoms with Gasteiger partial charge in [0, 0.05) is 17.3 Å². The van der Waals surface area contributed by atoms with Gasteiger partial charge in [-0.05, 0) is 36.6 Å². The van der Waals surface area contributed by atoms with E-state index in [0.717, 1.165) is 10.5 Å². The second kappa shape index (κ2) is 7.15. The van der Waals surface area contributed by atoms with E-state index in [1.54, 1.807) is 46.8 Å². The number of esters is 1. The van der Waals surface area contributed by atoms with Crippen molar-refractivity contribution in [1.82, 2.24) is 9.38 Å². The molecule has 0 saturated carbocycles. The number of hydrogen-bond acceptors (Lipinski definition) is 5. The summed E-state index contributed by atoms with van der Waals surface area (Å²) in [5.74, 6) is 0.0447. The highest BCUT2D eigenvalue weighted by Gasteiger charge is 2.15. The predicted molar refractivity (Wildman–Crippen MR) is 94.1 cm³/mol.